The molecular weight excluding hydrogens is 350 g/mol. The molecule has 0 aliphatic carbocycles. The van der Waals surface area contributed by atoms with E-state index >= 15 is 0 Å². The number of rotatable bonds is 2. The van der Waals surface area contributed by atoms with Crippen molar-refractivity contribution in [1.29, 1.82) is 0 Å². The van der Waals surface area contributed by atoms with Gasteiger partial charge in [-0.05, 0) is 37.1 Å². The van der Waals surface area contributed by atoms with Gasteiger partial charge >= 0.3 is 0 Å². The van der Waals surface area contributed by atoms with Crippen molar-refractivity contribution in [3.63, 3.8) is 0 Å². The first kappa shape index (κ1) is 17.2. The Morgan fingerprint density at radius 2 is 1.89 bits per heavy atom. The molecule has 5 nitrogen and oxygen atoms in total. The minimum Gasteiger partial charge on any atom is -0.358 e. The summed E-state index contributed by atoms with van der Waals surface area (Å²) in [6.07, 6.45) is 1.12. The lowest BCUT2D eigenvalue weighted by atomic mass is 10.0. The predicted octanol–water partition coefficient (Wildman–Crippen LogP) is 3.47. The number of aromatic nitrogens is 1. The van der Waals surface area contributed by atoms with Crippen LogP contribution in [0.5, 0.6) is 0 Å². The summed E-state index contributed by atoms with van der Waals surface area (Å²) in [6, 6.07) is 13.8. The molecule has 2 aromatic carbocycles. The number of aryl methyl sites for hydroxylation is 2. The molecule has 1 N–H and O–H groups in total. The monoisotopic (exact) mass is 373 g/mol. The zero-order valence-electron chi connectivity index (χ0n) is 16.2. The third-order valence-corrected chi connectivity index (χ3v) is 6.07. The smallest absolute Gasteiger partial charge is 0.251 e. The molecule has 0 bridgehead atoms. The number of carbonyl (C=O) groups is 2. The number of imide groups is 1. The van der Waals surface area contributed by atoms with Crippen LogP contribution < -0.4 is 4.90 Å². The maximum atomic E-state index is 13.2. The van der Waals surface area contributed by atoms with Crippen LogP contribution in [-0.4, -0.2) is 34.3 Å². The summed E-state index contributed by atoms with van der Waals surface area (Å²) in [5, 5.41) is 1.21. The Morgan fingerprint density at radius 1 is 1.07 bits per heavy atom. The molecule has 2 aliphatic heterocycles. The van der Waals surface area contributed by atoms with E-state index in [1.54, 1.807) is 0 Å². The standard InChI is InChI=1S/C23H23N3O2/c1-14-7-8-20(15(2)11-14)26-22(27)12-21(23(26)28)25-10-9-19-17(13-25)16-5-3-4-6-18(16)24-19/h3-8,11,21,24H,9-10,12-13H2,1-2H3/t21-/m0/s1. The second kappa shape index (κ2) is 6.31. The van der Waals surface area contributed by atoms with E-state index in [1.807, 2.05) is 44.2 Å². The molecular formula is C23H23N3O2. The van der Waals surface area contributed by atoms with Crippen LogP contribution in [0.1, 0.15) is 28.8 Å². The molecule has 0 saturated carbocycles. The normalized spacial score (nSPS) is 20.2. The number of para-hydroxylation sites is 1. The molecule has 0 radical (unpaired) electrons. The largest absolute Gasteiger partial charge is 0.358 e. The summed E-state index contributed by atoms with van der Waals surface area (Å²) >= 11 is 0. The van der Waals surface area contributed by atoms with Crippen LogP contribution >= 0.6 is 0 Å². The molecule has 5 heteroatoms. The van der Waals surface area contributed by atoms with E-state index in [0.29, 0.717) is 12.2 Å². The molecule has 1 aromatic heterocycles. The fraction of sp³-hybridized carbons (Fsp3) is 0.304. The van der Waals surface area contributed by atoms with Gasteiger partial charge in [-0.25, -0.2) is 4.90 Å². The number of aromatic amines is 1. The van der Waals surface area contributed by atoms with Crippen molar-refractivity contribution in [1.82, 2.24) is 9.88 Å². The van der Waals surface area contributed by atoms with Crippen molar-refractivity contribution < 1.29 is 9.59 Å². The molecule has 1 saturated heterocycles. The van der Waals surface area contributed by atoms with Crippen LogP contribution in [0, 0.1) is 13.8 Å². The summed E-state index contributed by atoms with van der Waals surface area (Å²) < 4.78 is 0. The van der Waals surface area contributed by atoms with E-state index in [-0.39, 0.29) is 24.3 Å². The summed E-state index contributed by atoms with van der Waals surface area (Å²) in [5.41, 5.74) is 6.44. The Balaban J connectivity index is 1.45. The maximum Gasteiger partial charge on any atom is 0.251 e. The van der Waals surface area contributed by atoms with E-state index in [4.69, 9.17) is 0 Å². The number of hydrogen-bond acceptors (Lipinski definition) is 3. The number of hydrogen-bond donors (Lipinski definition) is 1. The number of anilines is 1. The first-order chi connectivity index (χ1) is 13.5. The summed E-state index contributed by atoms with van der Waals surface area (Å²) in [7, 11) is 0. The highest BCUT2D eigenvalue weighted by atomic mass is 16.2. The summed E-state index contributed by atoms with van der Waals surface area (Å²) in [6.45, 7) is 5.45. The molecule has 3 aromatic rings. The Kier molecular flexibility index (Phi) is 3.88. The Morgan fingerprint density at radius 3 is 2.71 bits per heavy atom. The van der Waals surface area contributed by atoms with E-state index in [2.05, 4.69) is 22.0 Å². The fourth-order valence-corrected chi connectivity index (χ4v) is 4.66. The zero-order valence-corrected chi connectivity index (χ0v) is 16.2. The number of H-pyrrole nitrogens is 1. The van der Waals surface area contributed by atoms with Crippen LogP contribution in [-0.2, 0) is 22.6 Å². The number of fused-ring (bicyclic) bond motifs is 3. The van der Waals surface area contributed by atoms with Crippen molar-refractivity contribution in [3.8, 4) is 0 Å². The summed E-state index contributed by atoms with van der Waals surface area (Å²) in [4.78, 5) is 33.0. The van der Waals surface area contributed by atoms with Gasteiger partial charge in [-0.2, -0.15) is 0 Å². The highest BCUT2D eigenvalue weighted by molar-refractivity contribution is 6.22. The van der Waals surface area contributed by atoms with E-state index in [1.165, 1.54) is 21.5 Å². The Bertz CT molecular complexity index is 1110. The van der Waals surface area contributed by atoms with Crippen molar-refractivity contribution in [2.45, 2.75) is 39.3 Å². The maximum absolute atomic E-state index is 13.2. The van der Waals surface area contributed by atoms with Gasteiger partial charge in [-0.15, -0.1) is 0 Å². The number of carbonyl (C=O) groups excluding carboxylic acids is 2. The van der Waals surface area contributed by atoms with Gasteiger partial charge in [-0.3, -0.25) is 14.5 Å². The van der Waals surface area contributed by atoms with Gasteiger partial charge in [0.1, 0.15) is 0 Å². The van der Waals surface area contributed by atoms with Gasteiger partial charge in [0, 0.05) is 36.1 Å². The van der Waals surface area contributed by atoms with Crippen molar-refractivity contribution in [2.75, 3.05) is 11.4 Å². The van der Waals surface area contributed by atoms with Crippen molar-refractivity contribution >= 4 is 28.4 Å². The minimum absolute atomic E-state index is 0.0970. The van der Waals surface area contributed by atoms with E-state index < -0.39 is 0 Å². The second-order valence-corrected chi connectivity index (χ2v) is 7.93. The molecule has 2 aliphatic rings. The second-order valence-electron chi connectivity index (χ2n) is 7.93. The Labute approximate surface area is 163 Å². The molecule has 0 unspecified atom stereocenters. The lowest BCUT2D eigenvalue weighted by Crippen LogP contribution is -2.44. The molecule has 142 valence electrons. The lowest BCUT2D eigenvalue weighted by Gasteiger charge is -2.31. The highest BCUT2D eigenvalue weighted by Crippen LogP contribution is 2.33. The SMILES string of the molecule is Cc1ccc(N2C(=O)C[C@H](N3CCc4[nH]c5ccccc5c4C3)C2=O)c(C)c1. The van der Waals surface area contributed by atoms with Crippen LogP contribution in [0.3, 0.4) is 0 Å². The zero-order chi connectivity index (χ0) is 19.4. The van der Waals surface area contributed by atoms with Crippen LogP contribution in [0.15, 0.2) is 42.5 Å². The molecule has 1 fully saturated rings. The van der Waals surface area contributed by atoms with Gasteiger partial charge in [-0.1, -0.05) is 35.9 Å². The van der Waals surface area contributed by atoms with Gasteiger partial charge in [0.15, 0.2) is 0 Å². The first-order valence-corrected chi connectivity index (χ1v) is 9.79. The minimum atomic E-state index is -0.380. The molecule has 28 heavy (non-hydrogen) atoms. The predicted molar refractivity (Wildman–Crippen MR) is 109 cm³/mol. The average Bonchev–Trinajstić information content (AvgIpc) is 3.19. The molecule has 3 heterocycles. The number of benzene rings is 2. The Hall–Kier alpha value is -2.92. The van der Waals surface area contributed by atoms with E-state index in [0.717, 1.165) is 29.6 Å². The number of amides is 2. The molecule has 5 rings (SSSR count). The van der Waals surface area contributed by atoms with Crippen LogP contribution in [0.25, 0.3) is 10.9 Å². The van der Waals surface area contributed by atoms with Gasteiger partial charge < -0.3 is 4.98 Å². The summed E-state index contributed by atoms with van der Waals surface area (Å²) in [5.74, 6) is -0.202. The lowest BCUT2D eigenvalue weighted by molar-refractivity contribution is -0.123. The van der Waals surface area contributed by atoms with Crippen LogP contribution in [0.2, 0.25) is 0 Å². The van der Waals surface area contributed by atoms with Gasteiger partial charge in [0.25, 0.3) is 5.91 Å². The molecule has 1 atom stereocenters. The third-order valence-electron chi connectivity index (χ3n) is 6.07. The quantitative estimate of drug-likeness (QED) is 0.700. The molecule has 2 amide bonds. The van der Waals surface area contributed by atoms with Crippen LogP contribution in [0.4, 0.5) is 5.69 Å². The van der Waals surface area contributed by atoms with Crippen molar-refractivity contribution in [2.24, 2.45) is 0 Å². The first-order valence-electron chi connectivity index (χ1n) is 9.79. The third kappa shape index (κ3) is 2.58. The topological polar surface area (TPSA) is 56.4 Å². The number of nitrogens with zero attached hydrogens (tertiary/aromatic N) is 2. The van der Waals surface area contributed by atoms with Gasteiger partial charge in [0.05, 0.1) is 18.2 Å². The number of nitrogens with one attached hydrogen (secondary N) is 1. The fourth-order valence-electron chi connectivity index (χ4n) is 4.66. The molecule has 0 spiro atoms. The highest BCUT2D eigenvalue weighted by Gasteiger charge is 2.44. The van der Waals surface area contributed by atoms with E-state index in [9.17, 15) is 9.59 Å². The average molecular weight is 373 g/mol. The van der Waals surface area contributed by atoms with Crippen molar-refractivity contribution in [3.05, 3.63) is 64.8 Å². The van der Waals surface area contributed by atoms with Gasteiger partial charge in [0.2, 0.25) is 5.91 Å².